The Morgan fingerprint density at radius 3 is 2.73 bits per heavy atom. The molecule has 0 atom stereocenters. The molecule has 0 saturated heterocycles. The van der Waals surface area contributed by atoms with Crippen LogP contribution in [0.3, 0.4) is 0 Å². The van der Waals surface area contributed by atoms with Crippen molar-refractivity contribution < 1.29 is 14.3 Å². The van der Waals surface area contributed by atoms with Gasteiger partial charge in [-0.3, -0.25) is 18.8 Å². The minimum atomic E-state index is -0.360. The van der Waals surface area contributed by atoms with Crippen molar-refractivity contribution in [3.8, 4) is 17.2 Å². The quantitative estimate of drug-likeness (QED) is 0.627. The van der Waals surface area contributed by atoms with Crippen LogP contribution in [0.4, 0.5) is 0 Å². The van der Waals surface area contributed by atoms with Crippen molar-refractivity contribution in [2.75, 3.05) is 13.3 Å². The van der Waals surface area contributed by atoms with Gasteiger partial charge in [0, 0.05) is 43.7 Å². The van der Waals surface area contributed by atoms with Gasteiger partial charge in [-0.2, -0.15) is 5.10 Å². The lowest BCUT2D eigenvalue weighted by Gasteiger charge is -2.21. The Labute approximate surface area is 174 Å². The van der Waals surface area contributed by atoms with Gasteiger partial charge in [-0.15, -0.1) is 0 Å². The highest BCUT2D eigenvalue weighted by atomic mass is 16.7. The monoisotopic (exact) mass is 408 g/mol. The van der Waals surface area contributed by atoms with Crippen molar-refractivity contribution in [2.24, 2.45) is 0 Å². The first-order chi connectivity index (χ1) is 14.5. The van der Waals surface area contributed by atoms with Gasteiger partial charge in [0.05, 0.1) is 11.9 Å². The molecule has 0 fully saturated rings. The minimum absolute atomic E-state index is 0.158. The lowest BCUT2D eigenvalue weighted by atomic mass is 10.1. The molecule has 8 heteroatoms. The summed E-state index contributed by atoms with van der Waals surface area (Å²) in [6, 6.07) is 7.05. The number of aromatic nitrogens is 3. The molecule has 1 aromatic carbocycles. The number of hydrogen-bond donors (Lipinski definition) is 0. The van der Waals surface area contributed by atoms with E-state index in [2.05, 4.69) is 5.10 Å². The molecule has 3 heterocycles. The number of carbonyl (C=O) groups is 1. The summed E-state index contributed by atoms with van der Waals surface area (Å²) in [4.78, 5) is 28.2. The highest BCUT2D eigenvalue weighted by Crippen LogP contribution is 2.33. The predicted octanol–water partition coefficient (Wildman–Crippen LogP) is 2.75. The van der Waals surface area contributed by atoms with E-state index in [0.29, 0.717) is 35.8 Å². The topological polar surface area (TPSA) is 78.6 Å². The van der Waals surface area contributed by atoms with Crippen molar-refractivity contribution in [1.29, 1.82) is 0 Å². The minimum Gasteiger partial charge on any atom is -0.454 e. The van der Waals surface area contributed by atoms with E-state index >= 15 is 0 Å². The summed E-state index contributed by atoms with van der Waals surface area (Å²) < 4.78 is 14.0. The Hall–Kier alpha value is -3.55. The van der Waals surface area contributed by atoms with Crippen LogP contribution in [0.1, 0.15) is 35.3 Å². The molecule has 4 rings (SSSR count). The molecule has 0 N–H and O–H groups in total. The molecule has 1 aliphatic rings. The molecule has 0 spiro atoms. The number of pyridine rings is 1. The highest BCUT2D eigenvalue weighted by molar-refractivity contribution is 5.95. The Balaban J connectivity index is 1.68. The third-order valence-corrected chi connectivity index (χ3v) is 5.20. The molecule has 0 aliphatic carbocycles. The fourth-order valence-electron chi connectivity index (χ4n) is 3.49. The Bertz CT molecular complexity index is 1150. The summed E-state index contributed by atoms with van der Waals surface area (Å²) in [5.74, 6) is 0.926. The van der Waals surface area contributed by atoms with E-state index in [9.17, 15) is 9.59 Å². The second-order valence-electron chi connectivity index (χ2n) is 7.11. The first-order valence-corrected chi connectivity index (χ1v) is 9.94. The summed E-state index contributed by atoms with van der Waals surface area (Å²) in [5, 5.41) is 4.26. The molecule has 8 nitrogen and oxygen atoms in total. The summed E-state index contributed by atoms with van der Waals surface area (Å²) in [5.41, 5.74) is 1.99. The van der Waals surface area contributed by atoms with Gasteiger partial charge in [0.25, 0.3) is 11.5 Å². The van der Waals surface area contributed by atoms with Gasteiger partial charge in [-0.1, -0.05) is 0 Å². The number of carbonyl (C=O) groups excluding carboxylic acids is 1. The van der Waals surface area contributed by atoms with Crippen LogP contribution in [-0.4, -0.2) is 38.5 Å². The zero-order valence-corrected chi connectivity index (χ0v) is 17.3. The predicted molar refractivity (Wildman–Crippen MR) is 111 cm³/mol. The molecule has 0 radical (unpaired) electrons. The van der Waals surface area contributed by atoms with Crippen LogP contribution in [-0.2, 0) is 13.1 Å². The smallest absolute Gasteiger partial charge is 0.268 e. The van der Waals surface area contributed by atoms with Gasteiger partial charge in [0.2, 0.25) is 6.79 Å². The summed E-state index contributed by atoms with van der Waals surface area (Å²) in [6.45, 7) is 7.48. The van der Waals surface area contributed by atoms with Crippen molar-refractivity contribution in [1.82, 2.24) is 19.2 Å². The molecule has 1 amide bonds. The van der Waals surface area contributed by atoms with E-state index in [1.807, 2.05) is 24.7 Å². The molecule has 0 unspecified atom stereocenters. The van der Waals surface area contributed by atoms with Gasteiger partial charge in [0.15, 0.2) is 11.5 Å². The Kier molecular flexibility index (Phi) is 5.31. The number of ether oxygens (including phenoxy) is 2. The molecular weight excluding hydrogens is 384 g/mol. The van der Waals surface area contributed by atoms with Gasteiger partial charge in [0.1, 0.15) is 5.56 Å². The molecule has 156 valence electrons. The number of rotatable bonds is 6. The van der Waals surface area contributed by atoms with Gasteiger partial charge < -0.3 is 14.4 Å². The van der Waals surface area contributed by atoms with Crippen molar-refractivity contribution in [3.05, 3.63) is 69.9 Å². The number of amides is 1. The number of fused-ring (bicyclic) bond motifs is 1. The van der Waals surface area contributed by atoms with Crippen LogP contribution < -0.4 is 15.0 Å². The van der Waals surface area contributed by atoms with Crippen LogP contribution in [0, 0.1) is 6.92 Å². The summed E-state index contributed by atoms with van der Waals surface area (Å²) in [7, 11) is 0. The lowest BCUT2D eigenvalue weighted by Crippen LogP contribution is -2.36. The second-order valence-corrected chi connectivity index (χ2v) is 7.11. The van der Waals surface area contributed by atoms with Crippen molar-refractivity contribution >= 4 is 5.91 Å². The molecule has 30 heavy (non-hydrogen) atoms. The molecule has 0 saturated carbocycles. The van der Waals surface area contributed by atoms with Gasteiger partial charge in [-0.25, -0.2) is 0 Å². The number of hydrogen-bond acceptors (Lipinski definition) is 5. The van der Waals surface area contributed by atoms with E-state index < -0.39 is 0 Å². The Morgan fingerprint density at radius 1 is 1.20 bits per heavy atom. The van der Waals surface area contributed by atoms with Crippen molar-refractivity contribution in [2.45, 2.75) is 33.9 Å². The molecule has 0 bridgehead atoms. The van der Waals surface area contributed by atoms with Crippen LogP contribution >= 0.6 is 0 Å². The second kappa shape index (κ2) is 8.06. The largest absolute Gasteiger partial charge is 0.454 e. The first kappa shape index (κ1) is 19.8. The van der Waals surface area contributed by atoms with Crippen LogP contribution in [0.15, 0.2) is 47.7 Å². The number of aryl methyl sites for hydroxylation is 2. The normalized spacial score (nSPS) is 12.2. The third-order valence-electron chi connectivity index (χ3n) is 5.20. The highest BCUT2D eigenvalue weighted by Gasteiger charge is 2.23. The van der Waals surface area contributed by atoms with E-state index in [-0.39, 0.29) is 23.8 Å². The summed E-state index contributed by atoms with van der Waals surface area (Å²) >= 11 is 0. The fourth-order valence-corrected chi connectivity index (χ4v) is 3.49. The van der Waals surface area contributed by atoms with Crippen LogP contribution in [0.5, 0.6) is 11.5 Å². The average molecular weight is 408 g/mol. The standard InChI is InChI=1S/C22H24N4O4/c1-4-24(12-16-11-23-25(5-2)13-16)21(27)20-15(3)8-9-26(22(20)28)17-6-7-18-19(10-17)30-14-29-18/h6-11,13H,4-5,12,14H2,1-3H3. The van der Waals surface area contributed by atoms with Crippen molar-refractivity contribution in [3.63, 3.8) is 0 Å². The maximum absolute atomic E-state index is 13.3. The van der Waals surface area contributed by atoms with E-state index in [0.717, 1.165) is 12.1 Å². The Morgan fingerprint density at radius 2 is 2.00 bits per heavy atom. The molecule has 1 aliphatic heterocycles. The number of benzene rings is 1. The van der Waals surface area contributed by atoms with E-state index in [4.69, 9.17) is 9.47 Å². The zero-order chi connectivity index (χ0) is 21.3. The zero-order valence-electron chi connectivity index (χ0n) is 17.3. The van der Waals surface area contributed by atoms with Crippen LogP contribution in [0.25, 0.3) is 5.69 Å². The van der Waals surface area contributed by atoms with E-state index in [1.165, 1.54) is 4.57 Å². The fraction of sp³-hybridized carbons (Fsp3) is 0.318. The number of nitrogens with zero attached hydrogens (tertiary/aromatic N) is 4. The average Bonchev–Trinajstić information content (AvgIpc) is 3.40. The maximum atomic E-state index is 13.3. The molecular formula is C22H24N4O4. The molecule has 3 aromatic rings. The van der Waals surface area contributed by atoms with Gasteiger partial charge >= 0.3 is 0 Å². The van der Waals surface area contributed by atoms with Gasteiger partial charge in [-0.05, 0) is 44.5 Å². The van der Waals surface area contributed by atoms with Crippen LogP contribution in [0.2, 0.25) is 0 Å². The first-order valence-electron chi connectivity index (χ1n) is 9.94. The molecule has 2 aromatic heterocycles. The third kappa shape index (κ3) is 3.56. The maximum Gasteiger partial charge on any atom is 0.268 e. The van der Waals surface area contributed by atoms with E-state index in [1.54, 1.807) is 48.5 Å². The SMILES string of the molecule is CCN(Cc1cnn(CC)c1)C(=O)c1c(C)ccn(-c2ccc3c(c2)OCO3)c1=O. The summed E-state index contributed by atoms with van der Waals surface area (Å²) in [6.07, 6.45) is 5.34. The lowest BCUT2D eigenvalue weighted by molar-refractivity contribution is 0.0749.